The van der Waals surface area contributed by atoms with Gasteiger partial charge in [-0.2, -0.15) is 0 Å². The van der Waals surface area contributed by atoms with Crippen molar-refractivity contribution in [3.8, 4) is 0 Å². The highest BCUT2D eigenvalue weighted by Gasteiger charge is 2.27. The van der Waals surface area contributed by atoms with E-state index in [1.54, 1.807) is 12.1 Å². The standard InChI is InChI=1S/C20H23FO/c1-19(2,3)16-10-8-15(9-11-16)13-20(4,14-22)17-6-5-7-18(21)12-17/h5-12,14H,13H2,1-4H3. The van der Waals surface area contributed by atoms with Crippen LogP contribution < -0.4 is 0 Å². The molecule has 2 aromatic rings. The van der Waals surface area contributed by atoms with E-state index in [9.17, 15) is 9.18 Å². The van der Waals surface area contributed by atoms with Gasteiger partial charge in [-0.15, -0.1) is 0 Å². The highest BCUT2D eigenvalue weighted by molar-refractivity contribution is 5.68. The molecule has 1 nitrogen and oxygen atoms in total. The minimum atomic E-state index is -0.717. The van der Waals surface area contributed by atoms with Crippen molar-refractivity contribution >= 4 is 6.29 Å². The molecule has 22 heavy (non-hydrogen) atoms. The molecule has 0 aliphatic carbocycles. The Morgan fingerprint density at radius 3 is 2.09 bits per heavy atom. The molecule has 2 aromatic carbocycles. The summed E-state index contributed by atoms with van der Waals surface area (Å²) in [7, 11) is 0. The number of benzene rings is 2. The first-order valence-corrected chi connectivity index (χ1v) is 7.56. The highest BCUT2D eigenvalue weighted by atomic mass is 19.1. The van der Waals surface area contributed by atoms with Crippen molar-refractivity contribution in [1.29, 1.82) is 0 Å². The molecule has 0 heterocycles. The summed E-state index contributed by atoms with van der Waals surface area (Å²) in [6, 6.07) is 14.6. The van der Waals surface area contributed by atoms with Gasteiger partial charge < -0.3 is 4.79 Å². The molecule has 0 aliphatic rings. The summed E-state index contributed by atoms with van der Waals surface area (Å²) < 4.78 is 13.4. The fourth-order valence-corrected chi connectivity index (χ4v) is 2.60. The molecule has 0 saturated carbocycles. The lowest BCUT2D eigenvalue weighted by Crippen LogP contribution is -2.27. The molecule has 1 unspecified atom stereocenters. The van der Waals surface area contributed by atoms with Crippen LogP contribution in [0.2, 0.25) is 0 Å². The van der Waals surface area contributed by atoms with Crippen LogP contribution in [0, 0.1) is 5.82 Å². The van der Waals surface area contributed by atoms with Gasteiger partial charge in [-0.3, -0.25) is 0 Å². The third kappa shape index (κ3) is 3.62. The zero-order valence-corrected chi connectivity index (χ0v) is 13.7. The monoisotopic (exact) mass is 298 g/mol. The van der Waals surface area contributed by atoms with Gasteiger partial charge in [0.2, 0.25) is 0 Å². The molecule has 1 atom stereocenters. The molecular formula is C20H23FO. The summed E-state index contributed by atoms with van der Waals surface area (Å²) in [6.45, 7) is 8.37. The summed E-state index contributed by atoms with van der Waals surface area (Å²) in [4.78, 5) is 11.6. The molecule has 116 valence electrons. The van der Waals surface area contributed by atoms with Crippen LogP contribution in [0.4, 0.5) is 4.39 Å². The van der Waals surface area contributed by atoms with Crippen LogP contribution in [0.25, 0.3) is 0 Å². The number of hydrogen-bond donors (Lipinski definition) is 0. The molecule has 0 saturated heterocycles. The van der Waals surface area contributed by atoms with E-state index in [1.807, 2.05) is 6.92 Å². The van der Waals surface area contributed by atoms with Gasteiger partial charge in [0.15, 0.2) is 0 Å². The fraction of sp³-hybridized carbons (Fsp3) is 0.350. The van der Waals surface area contributed by atoms with Crippen molar-refractivity contribution in [3.63, 3.8) is 0 Å². The van der Waals surface area contributed by atoms with E-state index >= 15 is 0 Å². The topological polar surface area (TPSA) is 17.1 Å². The molecule has 0 amide bonds. The maximum absolute atomic E-state index is 13.4. The van der Waals surface area contributed by atoms with Crippen LogP contribution in [0.5, 0.6) is 0 Å². The second kappa shape index (κ2) is 6.04. The number of carbonyl (C=O) groups is 1. The van der Waals surface area contributed by atoms with E-state index in [2.05, 4.69) is 45.0 Å². The van der Waals surface area contributed by atoms with Gasteiger partial charge >= 0.3 is 0 Å². The predicted octanol–water partition coefficient (Wildman–Crippen LogP) is 4.82. The van der Waals surface area contributed by atoms with Gasteiger partial charge in [0.25, 0.3) is 0 Å². The molecule has 0 aromatic heterocycles. The lowest BCUT2D eigenvalue weighted by molar-refractivity contribution is -0.112. The Morgan fingerprint density at radius 1 is 0.955 bits per heavy atom. The van der Waals surface area contributed by atoms with Gasteiger partial charge in [0, 0.05) is 0 Å². The van der Waals surface area contributed by atoms with E-state index in [-0.39, 0.29) is 11.2 Å². The Hall–Kier alpha value is -1.96. The van der Waals surface area contributed by atoms with Crippen molar-refractivity contribution < 1.29 is 9.18 Å². The van der Waals surface area contributed by atoms with Gasteiger partial charge in [-0.05, 0) is 47.6 Å². The molecule has 0 bridgehead atoms. The zero-order valence-electron chi connectivity index (χ0n) is 13.7. The molecule has 0 aliphatic heterocycles. The summed E-state index contributed by atoms with van der Waals surface area (Å²) >= 11 is 0. The lowest BCUT2D eigenvalue weighted by Gasteiger charge is -2.25. The van der Waals surface area contributed by atoms with Crippen LogP contribution >= 0.6 is 0 Å². The van der Waals surface area contributed by atoms with Crippen LogP contribution in [0.15, 0.2) is 48.5 Å². The Labute approximate surface area is 132 Å². The third-order valence-electron chi connectivity index (χ3n) is 4.14. The highest BCUT2D eigenvalue weighted by Crippen LogP contribution is 2.28. The van der Waals surface area contributed by atoms with Crippen molar-refractivity contribution in [2.45, 2.75) is 44.9 Å². The van der Waals surface area contributed by atoms with Crippen molar-refractivity contribution in [1.82, 2.24) is 0 Å². The quantitative estimate of drug-likeness (QED) is 0.739. The molecule has 0 fully saturated rings. The molecule has 2 heteroatoms. The SMILES string of the molecule is CC(C)(C)c1ccc(CC(C)(C=O)c2cccc(F)c2)cc1. The van der Waals surface area contributed by atoms with Crippen molar-refractivity contribution in [2.24, 2.45) is 0 Å². The Morgan fingerprint density at radius 2 is 1.59 bits per heavy atom. The fourth-order valence-electron chi connectivity index (χ4n) is 2.60. The minimum absolute atomic E-state index is 0.106. The van der Waals surface area contributed by atoms with Crippen LogP contribution in [-0.4, -0.2) is 6.29 Å². The Bertz CT molecular complexity index is 652. The number of hydrogen-bond acceptors (Lipinski definition) is 1. The van der Waals surface area contributed by atoms with Crippen molar-refractivity contribution in [3.05, 3.63) is 71.0 Å². The summed E-state index contributed by atoms with van der Waals surface area (Å²) in [5.41, 5.74) is 2.43. The van der Waals surface area contributed by atoms with E-state index in [1.165, 1.54) is 17.7 Å². The second-order valence-corrected chi connectivity index (χ2v) is 7.17. The predicted molar refractivity (Wildman–Crippen MR) is 88.7 cm³/mol. The average molecular weight is 298 g/mol. The van der Waals surface area contributed by atoms with Gasteiger partial charge in [-0.1, -0.05) is 57.2 Å². The molecule has 2 rings (SSSR count). The largest absolute Gasteiger partial charge is 0.302 e. The Kier molecular flexibility index (Phi) is 4.50. The third-order valence-corrected chi connectivity index (χ3v) is 4.14. The van der Waals surface area contributed by atoms with E-state index in [4.69, 9.17) is 0 Å². The van der Waals surface area contributed by atoms with Gasteiger partial charge in [0.05, 0.1) is 5.41 Å². The maximum Gasteiger partial charge on any atom is 0.130 e. The van der Waals surface area contributed by atoms with E-state index < -0.39 is 5.41 Å². The number of rotatable bonds is 4. The smallest absolute Gasteiger partial charge is 0.130 e. The Balaban J connectivity index is 2.28. The first-order valence-electron chi connectivity index (χ1n) is 7.56. The summed E-state index contributed by atoms with van der Waals surface area (Å²) in [6.07, 6.45) is 1.48. The van der Waals surface area contributed by atoms with Gasteiger partial charge in [0.1, 0.15) is 12.1 Å². The molecule has 0 spiro atoms. The average Bonchev–Trinajstić information content (AvgIpc) is 2.47. The number of aldehydes is 1. The van der Waals surface area contributed by atoms with Gasteiger partial charge in [-0.25, -0.2) is 4.39 Å². The van der Waals surface area contributed by atoms with Crippen LogP contribution in [-0.2, 0) is 22.0 Å². The number of halogens is 1. The lowest BCUT2D eigenvalue weighted by atomic mass is 9.78. The maximum atomic E-state index is 13.4. The molecule has 0 N–H and O–H groups in total. The summed E-state index contributed by atoms with van der Waals surface area (Å²) in [5, 5.41) is 0. The second-order valence-electron chi connectivity index (χ2n) is 7.17. The number of carbonyl (C=O) groups excluding carboxylic acids is 1. The normalized spacial score (nSPS) is 14.4. The molecular weight excluding hydrogens is 275 g/mol. The minimum Gasteiger partial charge on any atom is -0.302 e. The summed E-state index contributed by atoms with van der Waals surface area (Å²) in [5.74, 6) is -0.311. The van der Waals surface area contributed by atoms with Crippen molar-refractivity contribution in [2.75, 3.05) is 0 Å². The zero-order chi connectivity index (χ0) is 16.4. The van der Waals surface area contributed by atoms with E-state index in [0.717, 1.165) is 11.8 Å². The molecule has 0 radical (unpaired) electrons. The first-order chi connectivity index (χ1) is 10.2. The van der Waals surface area contributed by atoms with Crippen LogP contribution in [0.1, 0.15) is 44.4 Å². The first kappa shape index (κ1) is 16.4. The van der Waals surface area contributed by atoms with Crippen LogP contribution in [0.3, 0.4) is 0 Å². The van der Waals surface area contributed by atoms with E-state index in [0.29, 0.717) is 12.0 Å².